The zero-order valence-corrected chi connectivity index (χ0v) is 11.6. The highest BCUT2D eigenvalue weighted by Crippen LogP contribution is 2.30. The smallest absolute Gasteiger partial charge is 0.223 e. The number of ether oxygens (including phenoxy) is 2. The summed E-state index contributed by atoms with van der Waals surface area (Å²) in [7, 11) is 0. The monoisotopic (exact) mass is 284 g/mol. The molecule has 4 heterocycles. The summed E-state index contributed by atoms with van der Waals surface area (Å²) in [6.07, 6.45) is 5.50. The van der Waals surface area contributed by atoms with Crippen LogP contribution in [0.5, 0.6) is 5.88 Å². The van der Waals surface area contributed by atoms with Crippen LogP contribution in [0.3, 0.4) is 0 Å². The number of aromatic amines is 1. The lowest BCUT2D eigenvalue weighted by atomic mass is 10.1. The summed E-state index contributed by atoms with van der Waals surface area (Å²) in [5.74, 6) is 0.672. The Hall–Kier alpha value is -2.21. The summed E-state index contributed by atoms with van der Waals surface area (Å²) < 4.78 is 11.5. The highest BCUT2D eigenvalue weighted by molar-refractivity contribution is 6.15. The molecule has 108 valence electrons. The molecule has 6 heteroatoms. The predicted molar refractivity (Wildman–Crippen MR) is 76.6 cm³/mol. The Labute approximate surface area is 122 Å². The number of nitrogens with one attached hydrogen (secondary N) is 1. The molecule has 6 nitrogen and oxygen atoms in total. The maximum atomic E-state index is 6.12. The third-order valence-electron chi connectivity index (χ3n) is 3.85. The molecule has 2 aliphatic heterocycles. The minimum atomic E-state index is 0.168. The zero-order chi connectivity index (χ0) is 14.1. The number of rotatable bonds is 3. The van der Waals surface area contributed by atoms with E-state index in [1.807, 2.05) is 12.1 Å². The van der Waals surface area contributed by atoms with Crippen molar-refractivity contribution in [3.63, 3.8) is 0 Å². The number of nitrogens with zero attached hydrogens (tertiary/aromatic N) is 3. The molecular formula is C15H16N4O2. The third-order valence-corrected chi connectivity index (χ3v) is 3.85. The number of pyridine rings is 1. The molecular weight excluding hydrogens is 268 g/mol. The van der Waals surface area contributed by atoms with E-state index in [1.165, 1.54) is 0 Å². The largest absolute Gasteiger partial charge is 0.474 e. The highest BCUT2D eigenvalue weighted by Gasteiger charge is 2.26. The van der Waals surface area contributed by atoms with Crippen LogP contribution in [0.25, 0.3) is 0 Å². The first-order valence-corrected chi connectivity index (χ1v) is 7.18. The molecule has 0 bridgehead atoms. The number of aliphatic imine (C=N–C) groups is 1. The van der Waals surface area contributed by atoms with E-state index in [1.54, 1.807) is 12.4 Å². The van der Waals surface area contributed by atoms with E-state index >= 15 is 0 Å². The molecule has 4 rings (SSSR count). The van der Waals surface area contributed by atoms with Crippen LogP contribution in [0.1, 0.15) is 29.7 Å². The maximum Gasteiger partial charge on any atom is 0.223 e. The Kier molecular flexibility index (Phi) is 3.16. The number of aromatic nitrogens is 3. The minimum absolute atomic E-state index is 0.168. The molecule has 1 N–H and O–H groups in total. The van der Waals surface area contributed by atoms with E-state index in [0.29, 0.717) is 12.4 Å². The Bertz CT molecular complexity index is 660. The molecule has 2 aromatic rings. The number of fused-ring (bicyclic) bond motifs is 1. The normalized spacial score (nSPS) is 18.4. The fourth-order valence-electron chi connectivity index (χ4n) is 2.76. The average Bonchev–Trinajstić information content (AvgIpc) is 3.17. The van der Waals surface area contributed by atoms with Gasteiger partial charge < -0.3 is 9.47 Å². The molecule has 0 unspecified atom stereocenters. The third kappa shape index (κ3) is 2.31. The SMILES string of the molecule is c1cc(C2=NCc3ccnc(OC4CCOCC4)c32)[nH]n1. The van der Waals surface area contributed by atoms with E-state index < -0.39 is 0 Å². The Morgan fingerprint density at radius 3 is 2.90 bits per heavy atom. The van der Waals surface area contributed by atoms with Crippen LogP contribution < -0.4 is 4.74 Å². The second-order valence-corrected chi connectivity index (χ2v) is 5.21. The topological polar surface area (TPSA) is 72.4 Å². The summed E-state index contributed by atoms with van der Waals surface area (Å²) in [4.78, 5) is 9.03. The lowest BCUT2D eigenvalue weighted by Gasteiger charge is -2.23. The van der Waals surface area contributed by atoms with Crippen LogP contribution in [0.15, 0.2) is 29.5 Å². The first-order chi connectivity index (χ1) is 10.4. The molecule has 0 saturated carbocycles. The summed E-state index contributed by atoms with van der Waals surface area (Å²) in [5.41, 5.74) is 3.93. The number of hydrogen-bond donors (Lipinski definition) is 1. The standard InChI is InChI=1S/C15H16N4O2/c1-5-16-15(21-11-3-7-20-8-4-11)13-10(1)9-17-14(13)12-2-6-18-19-12/h1-2,5-6,11H,3-4,7-9H2,(H,18,19). The summed E-state index contributed by atoms with van der Waals surface area (Å²) in [6, 6.07) is 3.91. The van der Waals surface area contributed by atoms with Crippen molar-refractivity contribution >= 4 is 5.71 Å². The van der Waals surface area contributed by atoms with Crippen LogP contribution in [0.4, 0.5) is 0 Å². The lowest BCUT2D eigenvalue weighted by Crippen LogP contribution is -2.27. The van der Waals surface area contributed by atoms with Crippen molar-refractivity contribution in [1.82, 2.24) is 15.2 Å². The van der Waals surface area contributed by atoms with E-state index in [-0.39, 0.29) is 6.10 Å². The van der Waals surface area contributed by atoms with E-state index in [4.69, 9.17) is 9.47 Å². The van der Waals surface area contributed by atoms with Gasteiger partial charge in [-0.15, -0.1) is 0 Å². The van der Waals surface area contributed by atoms with Gasteiger partial charge in [-0.3, -0.25) is 10.1 Å². The van der Waals surface area contributed by atoms with Gasteiger partial charge in [-0.05, 0) is 17.7 Å². The van der Waals surface area contributed by atoms with Gasteiger partial charge in [0.05, 0.1) is 36.7 Å². The van der Waals surface area contributed by atoms with Crippen molar-refractivity contribution in [2.75, 3.05) is 13.2 Å². The van der Waals surface area contributed by atoms with Gasteiger partial charge in [-0.25, -0.2) is 4.98 Å². The van der Waals surface area contributed by atoms with Crippen LogP contribution in [-0.2, 0) is 11.3 Å². The van der Waals surface area contributed by atoms with Crippen LogP contribution in [0, 0.1) is 0 Å². The van der Waals surface area contributed by atoms with Gasteiger partial charge in [-0.1, -0.05) is 0 Å². The second-order valence-electron chi connectivity index (χ2n) is 5.21. The Morgan fingerprint density at radius 1 is 1.19 bits per heavy atom. The van der Waals surface area contributed by atoms with Crippen LogP contribution in [-0.4, -0.2) is 40.2 Å². The van der Waals surface area contributed by atoms with Crippen molar-refractivity contribution in [2.45, 2.75) is 25.5 Å². The maximum absolute atomic E-state index is 6.12. The quantitative estimate of drug-likeness (QED) is 0.931. The van der Waals surface area contributed by atoms with Gasteiger partial charge in [0.25, 0.3) is 0 Å². The van der Waals surface area contributed by atoms with Gasteiger partial charge in [0, 0.05) is 25.2 Å². The molecule has 0 aliphatic carbocycles. The lowest BCUT2D eigenvalue weighted by molar-refractivity contribution is 0.0236. The summed E-state index contributed by atoms with van der Waals surface area (Å²) >= 11 is 0. The van der Waals surface area contributed by atoms with Gasteiger partial charge in [-0.2, -0.15) is 5.10 Å². The first kappa shape index (κ1) is 12.5. The molecule has 2 aromatic heterocycles. The van der Waals surface area contributed by atoms with Gasteiger partial charge in [0.1, 0.15) is 6.10 Å². The molecule has 0 amide bonds. The molecule has 0 atom stereocenters. The van der Waals surface area contributed by atoms with Gasteiger partial charge in [0.15, 0.2) is 0 Å². The number of hydrogen-bond acceptors (Lipinski definition) is 5. The first-order valence-electron chi connectivity index (χ1n) is 7.18. The van der Waals surface area contributed by atoms with E-state index in [2.05, 4.69) is 20.2 Å². The van der Waals surface area contributed by atoms with Crippen LogP contribution in [0.2, 0.25) is 0 Å². The summed E-state index contributed by atoms with van der Waals surface area (Å²) in [5, 5.41) is 6.97. The van der Waals surface area contributed by atoms with Crippen molar-refractivity contribution in [3.8, 4) is 5.88 Å². The molecule has 1 fully saturated rings. The van der Waals surface area contributed by atoms with Crippen molar-refractivity contribution in [3.05, 3.63) is 41.3 Å². The summed E-state index contributed by atoms with van der Waals surface area (Å²) in [6.45, 7) is 2.17. The highest BCUT2D eigenvalue weighted by atomic mass is 16.5. The molecule has 0 radical (unpaired) electrons. The Morgan fingerprint density at radius 2 is 2.10 bits per heavy atom. The fraction of sp³-hybridized carbons (Fsp3) is 0.400. The van der Waals surface area contributed by atoms with Crippen molar-refractivity contribution in [1.29, 1.82) is 0 Å². The Balaban J connectivity index is 1.67. The van der Waals surface area contributed by atoms with E-state index in [9.17, 15) is 0 Å². The second kappa shape index (κ2) is 5.29. The minimum Gasteiger partial charge on any atom is -0.474 e. The average molecular weight is 284 g/mol. The zero-order valence-electron chi connectivity index (χ0n) is 11.6. The molecule has 0 spiro atoms. The molecule has 0 aromatic carbocycles. The van der Waals surface area contributed by atoms with Crippen LogP contribution >= 0.6 is 0 Å². The number of H-pyrrole nitrogens is 1. The fourth-order valence-corrected chi connectivity index (χ4v) is 2.76. The molecule has 1 saturated heterocycles. The van der Waals surface area contributed by atoms with Crippen molar-refractivity contribution in [2.24, 2.45) is 4.99 Å². The predicted octanol–water partition coefficient (Wildman–Crippen LogP) is 1.71. The molecule has 21 heavy (non-hydrogen) atoms. The van der Waals surface area contributed by atoms with Crippen molar-refractivity contribution < 1.29 is 9.47 Å². The van der Waals surface area contributed by atoms with E-state index in [0.717, 1.165) is 48.6 Å². The van der Waals surface area contributed by atoms with Gasteiger partial charge >= 0.3 is 0 Å². The van der Waals surface area contributed by atoms with Gasteiger partial charge in [0.2, 0.25) is 5.88 Å². The molecule has 2 aliphatic rings.